The monoisotopic (exact) mass is 329 g/mol. The number of benzene rings is 1. The Hall–Kier alpha value is -2.60. The first kappa shape index (κ1) is 15.3. The van der Waals surface area contributed by atoms with Crippen LogP contribution in [0.2, 0.25) is 5.02 Å². The predicted molar refractivity (Wildman–Crippen MR) is 89.2 cm³/mol. The van der Waals surface area contributed by atoms with Crippen LogP contribution in [0.1, 0.15) is 23.1 Å². The molecule has 0 saturated heterocycles. The summed E-state index contributed by atoms with van der Waals surface area (Å²) in [6.45, 7) is 4.27. The van der Waals surface area contributed by atoms with Gasteiger partial charge in [0.15, 0.2) is 0 Å². The summed E-state index contributed by atoms with van der Waals surface area (Å²) in [4.78, 5) is 12.5. The highest BCUT2D eigenvalue weighted by Gasteiger charge is 2.19. The van der Waals surface area contributed by atoms with Gasteiger partial charge in [-0.2, -0.15) is 10.2 Å². The molecule has 0 atom stereocenters. The van der Waals surface area contributed by atoms with Crippen molar-refractivity contribution < 1.29 is 4.79 Å². The summed E-state index contributed by atoms with van der Waals surface area (Å²) >= 11 is 6.19. The van der Waals surface area contributed by atoms with Crippen LogP contribution in [-0.4, -0.2) is 25.5 Å². The standard InChI is InChI=1S/C16H16ClN5O/c1-3-21-15(14(17)11(2)20-21)16(23)19-12-5-7-13(8-6-12)22-10-4-9-18-22/h4-10H,3H2,1-2H3,(H,19,23). The SMILES string of the molecule is CCn1nc(C)c(Cl)c1C(=O)Nc1ccc(-n2cccn2)cc1. The van der Waals surface area contributed by atoms with Crippen molar-refractivity contribution in [2.75, 3.05) is 5.32 Å². The van der Waals surface area contributed by atoms with Crippen LogP contribution < -0.4 is 5.32 Å². The zero-order valence-electron chi connectivity index (χ0n) is 12.8. The number of aromatic nitrogens is 4. The van der Waals surface area contributed by atoms with Crippen molar-refractivity contribution in [3.05, 3.63) is 59.1 Å². The highest BCUT2D eigenvalue weighted by molar-refractivity contribution is 6.34. The molecule has 0 radical (unpaired) electrons. The molecule has 2 heterocycles. The van der Waals surface area contributed by atoms with Gasteiger partial charge in [0, 0.05) is 24.6 Å². The number of rotatable bonds is 4. The number of nitrogens with one attached hydrogen (secondary N) is 1. The van der Waals surface area contributed by atoms with Crippen LogP contribution in [0, 0.1) is 6.92 Å². The van der Waals surface area contributed by atoms with E-state index in [0.29, 0.717) is 28.6 Å². The van der Waals surface area contributed by atoms with Gasteiger partial charge in [0.2, 0.25) is 0 Å². The summed E-state index contributed by atoms with van der Waals surface area (Å²) in [5.74, 6) is -0.274. The van der Waals surface area contributed by atoms with E-state index in [1.807, 2.05) is 43.5 Å². The van der Waals surface area contributed by atoms with Gasteiger partial charge in [-0.15, -0.1) is 0 Å². The third-order valence-electron chi connectivity index (χ3n) is 3.46. The van der Waals surface area contributed by atoms with E-state index in [1.165, 1.54) is 0 Å². The number of hydrogen-bond donors (Lipinski definition) is 1. The molecule has 0 fully saturated rings. The lowest BCUT2D eigenvalue weighted by Crippen LogP contribution is -2.17. The molecular weight excluding hydrogens is 314 g/mol. The molecule has 118 valence electrons. The summed E-state index contributed by atoms with van der Waals surface area (Å²) in [6.07, 6.45) is 3.57. The fourth-order valence-corrected chi connectivity index (χ4v) is 2.54. The van der Waals surface area contributed by atoms with Crippen molar-refractivity contribution in [3.8, 4) is 5.69 Å². The molecule has 0 saturated carbocycles. The molecule has 2 aromatic heterocycles. The lowest BCUT2D eigenvalue weighted by molar-refractivity contribution is 0.101. The van der Waals surface area contributed by atoms with Crippen molar-refractivity contribution in [1.29, 1.82) is 0 Å². The van der Waals surface area contributed by atoms with Gasteiger partial charge in [-0.05, 0) is 44.2 Å². The number of hydrogen-bond acceptors (Lipinski definition) is 3. The van der Waals surface area contributed by atoms with E-state index in [2.05, 4.69) is 15.5 Å². The summed E-state index contributed by atoms with van der Waals surface area (Å²) in [5, 5.41) is 11.6. The maximum Gasteiger partial charge on any atom is 0.275 e. The van der Waals surface area contributed by atoms with Crippen molar-refractivity contribution >= 4 is 23.2 Å². The molecule has 23 heavy (non-hydrogen) atoms. The molecule has 0 bridgehead atoms. The minimum atomic E-state index is -0.274. The van der Waals surface area contributed by atoms with Crippen molar-refractivity contribution in [2.24, 2.45) is 0 Å². The number of amides is 1. The fraction of sp³-hybridized carbons (Fsp3) is 0.188. The number of halogens is 1. The van der Waals surface area contributed by atoms with E-state index in [-0.39, 0.29) is 5.91 Å². The second-order valence-corrected chi connectivity index (χ2v) is 5.39. The van der Waals surface area contributed by atoms with Crippen LogP contribution in [-0.2, 0) is 6.54 Å². The Morgan fingerprint density at radius 2 is 2.04 bits per heavy atom. The highest BCUT2D eigenvalue weighted by Crippen LogP contribution is 2.22. The fourth-order valence-electron chi connectivity index (χ4n) is 2.31. The topological polar surface area (TPSA) is 64.7 Å². The van der Waals surface area contributed by atoms with Crippen LogP contribution in [0.5, 0.6) is 0 Å². The summed E-state index contributed by atoms with van der Waals surface area (Å²) in [7, 11) is 0. The molecule has 6 nitrogen and oxygen atoms in total. The quantitative estimate of drug-likeness (QED) is 0.798. The van der Waals surface area contributed by atoms with Gasteiger partial charge >= 0.3 is 0 Å². The van der Waals surface area contributed by atoms with Gasteiger partial charge in [0.1, 0.15) is 5.69 Å². The molecule has 0 spiro atoms. The molecule has 1 amide bonds. The van der Waals surface area contributed by atoms with Gasteiger partial charge in [0.05, 0.1) is 16.4 Å². The van der Waals surface area contributed by atoms with Crippen molar-refractivity contribution in [3.63, 3.8) is 0 Å². The second kappa shape index (κ2) is 6.26. The molecular formula is C16H16ClN5O. The zero-order valence-corrected chi connectivity index (χ0v) is 13.6. The normalized spacial score (nSPS) is 10.7. The average Bonchev–Trinajstić information content (AvgIpc) is 3.17. The number of anilines is 1. The van der Waals surface area contributed by atoms with Crippen molar-refractivity contribution in [2.45, 2.75) is 20.4 Å². The maximum absolute atomic E-state index is 12.5. The first-order chi connectivity index (χ1) is 11.1. The Labute approximate surface area is 138 Å². The van der Waals surface area contributed by atoms with Crippen LogP contribution in [0.25, 0.3) is 5.69 Å². The molecule has 0 aliphatic rings. The number of carbonyl (C=O) groups is 1. The van der Waals surface area contributed by atoms with Crippen LogP contribution in [0.3, 0.4) is 0 Å². The smallest absolute Gasteiger partial charge is 0.275 e. The van der Waals surface area contributed by atoms with E-state index in [9.17, 15) is 4.79 Å². The molecule has 0 unspecified atom stereocenters. The second-order valence-electron chi connectivity index (χ2n) is 5.02. The first-order valence-corrected chi connectivity index (χ1v) is 7.62. The largest absolute Gasteiger partial charge is 0.321 e. The summed E-state index contributed by atoms with van der Waals surface area (Å²) < 4.78 is 3.35. The van der Waals surface area contributed by atoms with Gasteiger partial charge in [-0.3, -0.25) is 9.48 Å². The minimum Gasteiger partial charge on any atom is -0.321 e. The molecule has 1 N–H and O–H groups in total. The maximum atomic E-state index is 12.5. The Kier molecular flexibility index (Phi) is 4.16. The molecule has 7 heteroatoms. The summed E-state index contributed by atoms with van der Waals surface area (Å²) in [5.41, 5.74) is 2.62. The average molecular weight is 330 g/mol. The van der Waals surface area contributed by atoms with Crippen LogP contribution in [0.15, 0.2) is 42.7 Å². The number of aryl methyl sites for hydroxylation is 2. The van der Waals surface area contributed by atoms with E-state index < -0.39 is 0 Å². The van der Waals surface area contributed by atoms with Gasteiger partial charge in [-0.1, -0.05) is 11.6 Å². The van der Waals surface area contributed by atoms with Gasteiger partial charge in [-0.25, -0.2) is 4.68 Å². The molecule has 1 aromatic carbocycles. The minimum absolute atomic E-state index is 0.274. The Bertz CT molecular complexity index is 821. The lowest BCUT2D eigenvalue weighted by Gasteiger charge is -2.08. The third-order valence-corrected chi connectivity index (χ3v) is 3.92. The molecule has 0 aliphatic carbocycles. The third kappa shape index (κ3) is 2.98. The Morgan fingerprint density at radius 3 is 2.65 bits per heavy atom. The zero-order chi connectivity index (χ0) is 16.4. The lowest BCUT2D eigenvalue weighted by atomic mass is 10.2. The number of carbonyl (C=O) groups excluding carboxylic acids is 1. The van der Waals surface area contributed by atoms with Crippen molar-refractivity contribution in [1.82, 2.24) is 19.6 Å². The number of nitrogens with zero attached hydrogens (tertiary/aromatic N) is 4. The highest BCUT2D eigenvalue weighted by atomic mass is 35.5. The Balaban J connectivity index is 1.81. The Morgan fingerprint density at radius 1 is 1.30 bits per heavy atom. The first-order valence-electron chi connectivity index (χ1n) is 7.24. The van der Waals surface area contributed by atoms with Gasteiger partial charge < -0.3 is 5.32 Å². The van der Waals surface area contributed by atoms with E-state index in [0.717, 1.165) is 5.69 Å². The molecule has 3 rings (SSSR count). The van der Waals surface area contributed by atoms with Gasteiger partial charge in [0.25, 0.3) is 5.91 Å². The predicted octanol–water partition coefficient (Wildman–Crippen LogP) is 3.30. The summed E-state index contributed by atoms with van der Waals surface area (Å²) in [6, 6.07) is 9.26. The molecule has 3 aromatic rings. The van der Waals surface area contributed by atoms with Crippen LogP contribution >= 0.6 is 11.6 Å². The van der Waals surface area contributed by atoms with E-state index in [1.54, 1.807) is 22.5 Å². The van der Waals surface area contributed by atoms with Crippen LogP contribution in [0.4, 0.5) is 5.69 Å². The molecule has 0 aliphatic heterocycles. The van der Waals surface area contributed by atoms with E-state index in [4.69, 9.17) is 11.6 Å². The van der Waals surface area contributed by atoms with E-state index >= 15 is 0 Å².